The standard InChI is InChI=1S/C18H28N2O3.ClH/c1-13(2)7-9-23-18-17-16(6-8-19-18)14(3)15(4)20(17)12-22-11-10-21-5;/h6,8,13H,7,9-12H2,1-5H3;1H. The highest BCUT2D eigenvalue weighted by Crippen LogP contribution is 2.31. The molecule has 0 aromatic carbocycles. The van der Waals surface area contributed by atoms with Gasteiger partial charge < -0.3 is 18.8 Å². The summed E-state index contributed by atoms with van der Waals surface area (Å²) in [6.07, 6.45) is 2.83. The maximum atomic E-state index is 5.95. The third-order valence-corrected chi connectivity index (χ3v) is 4.10. The molecule has 2 aromatic rings. The van der Waals surface area contributed by atoms with Crippen LogP contribution in [0.5, 0.6) is 5.88 Å². The molecular formula is C18H29ClN2O3. The Labute approximate surface area is 150 Å². The van der Waals surface area contributed by atoms with Gasteiger partial charge in [0, 0.05) is 24.4 Å². The van der Waals surface area contributed by atoms with E-state index >= 15 is 0 Å². The molecule has 0 fully saturated rings. The monoisotopic (exact) mass is 356 g/mol. The number of nitrogens with zero attached hydrogens (tertiary/aromatic N) is 2. The van der Waals surface area contributed by atoms with E-state index in [1.807, 2.05) is 12.3 Å². The van der Waals surface area contributed by atoms with Gasteiger partial charge in [-0.3, -0.25) is 0 Å². The SMILES string of the molecule is COCCOCn1c(C)c(C)c2ccnc(OCCC(C)C)c21.Cl. The zero-order valence-electron chi connectivity index (χ0n) is 15.3. The summed E-state index contributed by atoms with van der Waals surface area (Å²) < 4.78 is 18.8. The molecule has 0 aliphatic carbocycles. The minimum Gasteiger partial charge on any atom is -0.476 e. The van der Waals surface area contributed by atoms with Crippen molar-refractivity contribution >= 4 is 23.3 Å². The van der Waals surface area contributed by atoms with Crippen molar-refractivity contribution in [3.05, 3.63) is 23.5 Å². The largest absolute Gasteiger partial charge is 0.476 e. The molecule has 0 aliphatic rings. The van der Waals surface area contributed by atoms with E-state index < -0.39 is 0 Å². The Hall–Kier alpha value is -1.30. The van der Waals surface area contributed by atoms with Crippen molar-refractivity contribution in [2.45, 2.75) is 40.8 Å². The fraction of sp³-hybridized carbons (Fsp3) is 0.611. The number of fused-ring (bicyclic) bond motifs is 1. The average molecular weight is 357 g/mol. The quantitative estimate of drug-likeness (QED) is 0.634. The second kappa shape index (κ2) is 9.87. The first-order valence-corrected chi connectivity index (χ1v) is 8.20. The summed E-state index contributed by atoms with van der Waals surface area (Å²) in [5.41, 5.74) is 3.44. The van der Waals surface area contributed by atoms with Crippen molar-refractivity contribution in [1.29, 1.82) is 0 Å². The third kappa shape index (κ3) is 4.85. The zero-order valence-corrected chi connectivity index (χ0v) is 16.1. The van der Waals surface area contributed by atoms with E-state index in [0.717, 1.165) is 11.9 Å². The molecule has 0 atom stereocenters. The summed E-state index contributed by atoms with van der Waals surface area (Å²) in [7, 11) is 1.68. The van der Waals surface area contributed by atoms with Gasteiger partial charge in [-0.2, -0.15) is 0 Å². The van der Waals surface area contributed by atoms with Crippen molar-refractivity contribution < 1.29 is 14.2 Å². The highest BCUT2D eigenvalue weighted by Gasteiger charge is 2.16. The molecule has 0 radical (unpaired) electrons. The second-order valence-electron chi connectivity index (χ2n) is 6.21. The van der Waals surface area contributed by atoms with Crippen LogP contribution in [0.15, 0.2) is 12.3 Å². The number of hydrogen-bond acceptors (Lipinski definition) is 4. The molecule has 2 aromatic heterocycles. The van der Waals surface area contributed by atoms with Gasteiger partial charge in [-0.15, -0.1) is 12.4 Å². The van der Waals surface area contributed by atoms with Crippen molar-refractivity contribution in [2.75, 3.05) is 26.9 Å². The van der Waals surface area contributed by atoms with Gasteiger partial charge in [0.15, 0.2) is 0 Å². The van der Waals surface area contributed by atoms with E-state index in [1.54, 1.807) is 7.11 Å². The van der Waals surface area contributed by atoms with Crippen LogP contribution in [-0.4, -0.2) is 36.5 Å². The van der Waals surface area contributed by atoms with Crippen LogP contribution in [-0.2, 0) is 16.2 Å². The maximum Gasteiger partial charge on any atom is 0.238 e. The fourth-order valence-corrected chi connectivity index (χ4v) is 2.52. The predicted molar refractivity (Wildman–Crippen MR) is 99.2 cm³/mol. The lowest BCUT2D eigenvalue weighted by Crippen LogP contribution is -2.10. The minimum atomic E-state index is 0. The van der Waals surface area contributed by atoms with Gasteiger partial charge in [0.25, 0.3) is 0 Å². The number of halogens is 1. The van der Waals surface area contributed by atoms with Gasteiger partial charge in [0.05, 0.1) is 19.8 Å². The Balaban J connectivity index is 0.00000288. The van der Waals surface area contributed by atoms with Crippen LogP contribution < -0.4 is 4.74 Å². The lowest BCUT2D eigenvalue weighted by atomic mass is 10.1. The van der Waals surface area contributed by atoms with E-state index in [-0.39, 0.29) is 12.4 Å². The molecule has 0 saturated heterocycles. The Morgan fingerprint density at radius 3 is 2.58 bits per heavy atom. The van der Waals surface area contributed by atoms with Crippen LogP contribution in [0, 0.1) is 19.8 Å². The number of ether oxygens (including phenoxy) is 3. The highest BCUT2D eigenvalue weighted by atomic mass is 35.5. The molecule has 5 nitrogen and oxygen atoms in total. The maximum absolute atomic E-state index is 5.95. The van der Waals surface area contributed by atoms with E-state index in [1.165, 1.54) is 16.6 Å². The third-order valence-electron chi connectivity index (χ3n) is 4.10. The number of methoxy groups -OCH3 is 1. The van der Waals surface area contributed by atoms with Gasteiger partial charge in [0.2, 0.25) is 5.88 Å². The molecule has 0 aliphatic heterocycles. The highest BCUT2D eigenvalue weighted by molar-refractivity contribution is 5.88. The van der Waals surface area contributed by atoms with Gasteiger partial charge in [0.1, 0.15) is 12.2 Å². The van der Waals surface area contributed by atoms with E-state index in [9.17, 15) is 0 Å². The summed E-state index contributed by atoms with van der Waals surface area (Å²) in [5.74, 6) is 1.30. The van der Waals surface area contributed by atoms with Crippen molar-refractivity contribution in [3.8, 4) is 5.88 Å². The molecule has 0 spiro atoms. The molecule has 0 unspecified atom stereocenters. The normalized spacial score (nSPS) is 11.1. The predicted octanol–water partition coefficient (Wildman–Crippen LogP) is 4.12. The van der Waals surface area contributed by atoms with Gasteiger partial charge in [-0.05, 0) is 37.8 Å². The van der Waals surface area contributed by atoms with Crippen molar-refractivity contribution in [3.63, 3.8) is 0 Å². The molecule has 0 bridgehead atoms. The lowest BCUT2D eigenvalue weighted by Gasteiger charge is -2.13. The first-order chi connectivity index (χ1) is 11.1. The minimum absolute atomic E-state index is 0. The number of hydrogen-bond donors (Lipinski definition) is 0. The van der Waals surface area contributed by atoms with Crippen LogP contribution in [0.25, 0.3) is 10.9 Å². The van der Waals surface area contributed by atoms with Crippen molar-refractivity contribution in [2.24, 2.45) is 5.92 Å². The Kier molecular flexibility index (Phi) is 8.53. The molecule has 0 saturated carbocycles. The topological polar surface area (TPSA) is 45.5 Å². The average Bonchev–Trinajstić information content (AvgIpc) is 2.77. The van der Waals surface area contributed by atoms with Crippen molar-refractivity contribution in [1.82, 2.24) is 9.55 Å². The second-order valence-corrected chi connectivity index (χ2v) is 6.21. The number of rotatable bonds is 9. The Bertz CT molecular complexity index is 641. The lowest BCUT2D eigenvalue weighted by molar-refractivity contribution is 0.0350. The summed E-state index contributed by atoms with van der Waals surface area (Å²) in [5, 5.41) is 1.17. The first kappa shape index (κ1) is 20.7. The summed E-state index contributed by atoms with van der Waals surface area (Å²) in [4.78, 5) is 4.44. The van der Waals surface area contributed by atoms with Gasteiger partial charge in [-0.1, -0.05) is 13.8 Å². The molecule has 0 N–H and O–H groups in total. The number of aryl methyl sites for hydroxylation is 1. The van der Waals surface area contributed by atoms with E-state index in [4.69, 9.17) is 14.2 Å². The molecule has 6 heteroatoms. The van der Waals surface area contributed by atoms with E-state index in [2.05, 4.69) is 37.2 Å². The summed E-state index contributed by atoms with van der Waals surface area (Å²) in [6.45, 7) is 10.9. The number of pyridine rings is 1. The van der Waals surface area contributed by atoms with Crippen LogP contribution in [0.4, 0.5) is 0 Å². The summed E-state index contributed by atoms with van der Waals surface area (Å²) >= 11 is 0. The molecule has 24 heavy (non-hydrogen) atoms. The first-order valence-electron chi connectivity index (χ1n) is 8.20. The fourth-order valence-electron chi connectivity index (χ4n) is 2.52. The van der Waals surface area contributed by atoms with Crippen LogP contribution in [0.1, 0.15) is 31.5 Å². The smallest absolute Gasteiger partial charge is 0.238 e. The zero-order chi connectivity index (χ0) is 16.8. The van der Waals surface area contributed by atoms with Crippen LogP contribution in [0.2, 0.25) is 0 Å². The molecule has 2 rings (SSSR count). The molecular weight excluding hydrogens is 328 g/mol. The van der Waals surface area contributed by atoms with E-state index in [0.29, 0.717) is 38.3 Å². The summed E-state index contributed by atoms with van der Waals surface area (Å²) in [6, 6.07) is 2.04. The Morgan fingerprint density at radius 1 is 1.17 bits per heavy atom. The van der Waals surface area contributed by atoms with Crippen LogP contribution in [0.3, 0.4) is 0 Å². The van der Waals surface area contributed by atoms with Gasteiger partial charge in [-0.25, -0.2) is 4.98 Å². The number of aromatic nitrogens is 2. The molecule has 2 heterocycles. The van der Waals surface area contributed by atoms with Crippen LogP contribution >= 0.6 is 12.4 Å². The molecule has 0 amide bonds. The Morgan fingerprint density at radius 2 is 1.92 bits per heavy atom. The molecule has 136 valence electrons. The van der Waals surface area contributed by atoms with Gasteiger partial charge >= 0.3 is 0 Å².